The van der Waals surface area contributed by atoms with Crippen LogP contribution in [0.15, 0.2) is 0 Å². The standard InChI is InChI=1S/C9H11N3O2/c1-2-5-12-7(13)9(11-8(12)14)3-4-10-6-9/h1,10H,3-6H2,(H,11,14). The zero-order valence-electron chi connectivity index (χ0n) is 7.67. The molecule has 0 aromatic heterocycles. The van der Waals surface area contributed by atoms with Gasteiger partial charge in [-0.2, -0.15) is 0 Å². The molecular weight excluding hydrogens is 182 g/mol. The van der Waals surface area contributed by atoms with E-state index in [9.17, 15) is 9.59 Å². The van der Waals surface area contributed by atoms with E-state index in [1.54, 1.807) is 0 Å². The largest absolute Gasteiger partial charge is 0.325 e. The molecule has 2 saturated heterocycles. The van der Waals surface area contributed by atoms with E-state index in [0.717, 1.165) is 11.4 Å². The number of hydrogen-bond donors (Lipinski definition) is 2. The van der Waals surface area contributed by atoms with Crippen LogP contribution in [0.1, 0.15) is 6.42 Å². The number of nitrogens with one attached hydrogen (secondary N) is 2. The van der Waals surface area contributed by atoms with Crippen LogP contribution in [0, 0.1) is 12.3 Å². The fourth-order valence-electron chi connectivity index (χ4n) is 1.89. The number of imide groups is 1. The number of rotatable bonds is 1. The second-order valence-electron chi connectivity index (χ2n) is 3.53. The second-order valence-corrected chi connectivity index (χ2v) is 3.53. The minimum atomic E-state index is -0.728. The molecular formula is C9H11N3O2. The van der Waals surface area contributed by atoms with Crippen molar-refractivity contribution in [1.82, 2.24) is 15.5 Å². The van der Waals surface area contributed by atoms with Gasteiger partial charge in [0, 0.05) is 6.54 Å². The minimum Gasteiger partial charge on any atom is -0.322 e. The van der Waals surface area contributed by atoms with Gasteiger partial charge in [0.25, 0.3) is 5.91 Å². The van der Waals surface area contributed by atoms with Gasteiger partial charge >= 0.3 is 6.03 Å². The summed E-state index contributed by atoms with van der Waals surface area (Å²) in [6, 6.07) is -0.378. The van der Waals surface area contributed by atoms with Gasteiger partial charge in [-0.1, -0.05) is 5.92 Å². The number of urea groups is 1. The van der Waals surface area contributed by atoms with Crippen molar-refractivity contribution < 1.29 is 9.59 Å². The van der Waals surface area contributed by atoms with Gasteiger partial charge in [0.1, 0.15) is 5.54 Å². The van der Waals surface area contributed by atoms with E-state index in [2.05, 4.69) is 16.6 Å². The first-order chi connectivity index (χ1) is 6.69. The highest BCUT2D eigenvalue weighted by atomic mass is 16.2. The summed E-state index contributed by atoms with van der Waals surface area (Å²) in [5.74, 6) is 2.10. The fraction of sp³-hybridized carbons (Fsp3) is 0.556. The molecule has 0 radical (unpaired) electrons. The Bertz CT molecular complexity index is 325. The fourth-order valence-corrected chi connectivity index (χ4v) is 1.89. The van der Waals surface area contributed by atoms with Crippen LogP contribution in [0.5, 0.6) is 0 Å². The monoisotopic (exact) mass is 193 g/mol. The Kier molecular flexibility index (Phi) is 1.93. The molecule has 14 heavy (non-hydrogen) atoms. The van der Waals surface area contributed by atoms with E-state index in [4.69, 9.17) is 6.42 Å². The maximum absolute atomic E-state index is 11.8. The highest BCUT2D eigenvalue weighted by molar-refractivity contribution is 6.07. The summed E-state index contributed by atoms with van der Waals surface area (Å²) < 4.78 is 0. The second kappa shape index (κ2) is 3.00. The molecule has 2 fully saturated rings. The van der Waals surface area contributed by atoms with Gasteiger partial charge in [-0.3, -0.25) is 9.69 Å². The minimum absolute atomic E-state index is 0.0480. The van der Waals surface area contributed by atoms with Crippen LogP contribution in [0.2, 0.25) is 0 Å². The molecule has 0 bridgehead atoms. The predicted octanol–water partition coefficient (Wildman–Crippen LogP) is -1.10. The zero-order chi connectivity index (χ0) is 10.2. The molecule has 2 aliphatic rings. The smallest absolute Gasteiger partial charge is 0.322 e. The van der Waals surface area contributed by atoms with Crippen LogP contribution in [-0.2, 0) is 4.79 Å². The van der Waals surface area contributed by atoms with Crippen molar-refractivity contribution in [3.05, 3.63) is 0 Å². The van der Waals surface area contributed by atoms with E-state index in [1.807, 2.05) is 0 Å². The molecule has 1 unspecified atom stereocenters. The van der Waals surface area contributed by atoms with Crippen LogP contribution >= 0.6 is 0 Å². The van der Waals surface area contributed by atoms with Crippen molar-refractivity contribution >= 4 is 11.9 Å². The molecule has 2 heterocycles. The van der Waals surface area contributed by atoms with Crippen LogP contribution in [-0.4, -0.2) is 42.0 Å². The number of amides is 3. The highest BCUT2D eigenvalue weighted by Gasteiger charge is 2.52. The maximum atomic E-state index is 11.8. The molecule has 74 valence electrons. The molecule has 2 N–H and O–H groups in total. The van der Waals surface area contributed by atoms with E-state index in [1.165, 1.54) is 0 Å². The quantitative estimate of drug-likeness (QED) is 0.410. The number of terminal acetylenes is 1. The van der Waals surface area contributed by atoms with Gasteiger partial charge in [0.15, 0.2) is 0 Å². The number of nitrogens with zero attached hydrogens (tertiary/aromatic N) is 1. The Hall–Kier alpha value is -1.54. The summed E-state index contributed by atoms with van der Waals surface area (Å²) in [6.07, 6.45) is 5.72. The zero-order valence-corrected chi connectivity index (χ0v) is 7.67. The third kappa shape index (κ3) is 1.08. The lowest BCUT2D eigenvalue weighted by Gasteiger charge is -2.18. The summed E-state index contributed by atoms with van der Waals surface area (Å²) in [6.45, 7) is 1.29. The molecule has 0 aromatic carbocycles. The Morgan fingerprint density at radius 2 is 2.36 bits per heavy atom. The summed E-state index contributed by atoms with van der Waals surface area (Å²) >= 11 is 0. The molecule has 5 nitrogen and oxygen atoms in total. The van der Waals surface area contributed by atoms with E-state index in [0.29, 0.717) is 13.0 Å². The molecule has 3 amide bonds. The van der Waals surface area contributed by atoms with Gasteiger partial charge in [-0.25, -0.2) is 4.79 Å². The van der Waals surface area contributed by atoms with Gasteiger partial charge in [-0.05, 0) is 13.0 Å². The van der Waals surface area contributed by atoms with Crippen molar-refractivity contribution in [2.75, 3.05) is 19.6 Å². The van der Waals surface area contributed by atoms with Gasteiger partial charge in [0.2, 0.25) is 0 Å². The molecule has 2 aliphatic heterocycles. The first kappa shape index (κ1) is 9.03. The Labute approximate surface area is 81.8 Å². The van der Waals surface area contributed by atoms with Crippen molar-refractivity contribution in [3.63, 3.8) is 0 Å². The number of carbonyl (C=O) groups is 2. The first-order valence-corrected chi connectivity index (χ1v) is 4.48. The molecule has 1 spiro atoms. The first-order valence-electron chi connectivity index (χ1n) is 4.48. The highest BCUT2D eigenvalue weighted by Crippen LogP contribution is 2.23. The normalized spacial score (nSPS) is 30.9. The van der Waals surface area contributed by atoms with E-state index in [-0.39, 0.29) is 18.5 Å². The molecule has 5 heteroatoms. The predicted molar refractivity (Wildman–Crippen MR) is 49.3 cm³/mol. The van der Waals surface area contributed by atoms with Crippen LogP contribution in [0.4, 0.5) is 4.79 Å². The van der Waals surface area contributed by atoms with E-state index < -0.39 is 5.54 Å². The molecule has 0 aliphatic carbocycles. The van der Waals surface area contributed by atoms with Gasteiger partial charge < -0.3 is 10.6 Å². The summed E-state index contributed by atoms with van der Waals surface area (Å²) in [5, 5.41) is 5.75. The van der Waals surface area contributed by atoms with E-state index >= 15 is 0 Å². The average molecular weight is 193 g/mol. The number of hydrogen-bond acceptors (Lipinski definition) is 3. The molecule has 0 aromatic rings. The Morgan fingerprint density at radius 1 is 1.57 bits per heavy atom. The van der Waals surface area contributed by atoms with Crippen molar-refractivity contribution in [2.24, 2.45) is 0 Å². The molecule has 2 rings (SSSR count). The van der Waals surface area contributed by atoms with Crippen LogP contribution < -0.4 is 10.6 Å². The third-order valence-electron chi connectivity index (χ3n) is 2.65. The van der Waals surface area contributed by atoms with Crippen molar-refractivity contribution in [1.29, 1.82) is 0 Å². The lowest BCUT2D eigenvalue weighted by Crippen LogP contribution is -2.48. The third-order valence-corrected chi connectivity index (χ3v) is 2.65. The number of carbonyl (C=O) groups excluding carboxylic acids is 2. The SMILES string of the molecule is C#CCN1C(=O)NC2(CCNC2)C1=O. The molecule has 1 atom stereocenters. The molecule has 0 saturated carbocycles. The van der Waals surface area contributed by atoms with Gasteiger partial charge in [-0.15, -0.1) is 6.42 Å². The topological polar surface area (TPSA) is 61.4 Å². The lowest BCUT2D eigenvalue weighted by molar-refractivity contribution is -0.130. The van der Waals surface area contributed by atoms with Crippen molar-refractivity contribution in [2.45, 2.75) is 12.0 Å². The van der Waals surface area contributed by atoms with Crippen LogP contribution in [0.25, 0.3) is 0 Å². The Morgan fingerprint density at radius 3 is 2.93 bits per heavy atom. The Balaban J connectivity index is 2.23. The lowest BCUT2D eigenvalue weighted by atomic mass is 9.99. The summed E-state index contributed by atoms with van der Waals surface area (Å²) in [7, 11) is 0. The van der Waals surface area contributed by atoms with Gasteiger partial charge in [0.05, 0.1) is 6.54 Å². The summed E-state index contributed by atoms with van der Waals surface area (Å²) in [5.41, 5.74) is -0.728. The average Bonchev–Trinajstić information content (AvgIpc) is 2.69. The van der Waals surface area contributed by atoms with Crippen LogP contribution in [0.3, 0.4) is 0 Å². The summed E-state index contributed by atoms with van der Waals surface area (Å²) in [4.78, 5) is 24.3. The van der Waals surface area contributed by atoms with Crippen molar-refractivity contribution in [3.8, 4) is 12.3 Å². The maximum Gasteiger partial charge on any atom is 0.325 e.